The summed E-state index contributed by atoms with van der Waals surface area (Å²) in [7, 11) is 0. The van der Waals surface area contributed by atoms with Crippen LogP contribution in [0.4, 0.5) is 0 Å². The molecular formula is C4H10O3. The second-order valence-electron chi connectivity index (χ2n) is 0.960. The van der Waals surface area contributed by atoms with Crippen LogP contribution in [-0.2, 0) is 9.78 Å². The van der Waals surface area contributed by atoms with Crippen LogP contribution in [0.1, 0.15) is 6.92 Å². The van der Waals surface area contributed by atoms with E-state index < -0.39 is 0 Å². The lowest BCUT2D eigenvalue weighted by atomic mass is 10.8. The Balaban J connectivity index is 0.000000110. The van der Waals surface area contributed by atoms with Crippen molar-refractivity contribution in [2.75, 3.05) is 19.8 Å². The highest BCUT2D eigenvalue weighted by Crippen LogP contribution is 1.87. The van der Waals surface area contributed by atoms with Gasteiger partial charge in [-0.2, -0.15) is 0 Å². The van der Waals surface area contributed by atoms with Crippen molar-refractivity contribution >= 4 is 0 Å². The summed E-state index contributed by atoms with van der Waals surface area (Å²) in [6, 6.07) is 0. The molecule has 44 valence electrons. The van der Waals surface area contributed by atoms with E-state index in [1.54, 1.807) is 6.92 Å². The first kappa shape index (κ1) is 6.88. The van der Waals surface area contributed by atoms with E-state index in [0.29, 0.717) is 0 Å². The molecule has 0 bridgehead atoms. The fourth-order valence-corrected chi connectivity index (χ4v) is 0.0833. The second kappa shape index (κ2) is 5.88. The summed E-state index contributed by atoms with van der Waals surface area (Å²) in [6.07, 6.45) is 0. The topological polar surface area (TPSA) is 38.7 Å². The molecule has 0 amide bonds. The molecule has 1 saturated heterocycles. The Morgan fingerprint density at radius 1 is 1.43 bits per heavy atom. The van der Waals surface area contributed by atoms with Crippen LogP contribution in [-0.4, -0.2) is 24.9 Å². The fraction of sp³-hybridized carbons (Fsp3) is 1.00. The van der Waals surface area contributed by atoms with Crippen LogP contribution in [0, 0.1) is 0 Å². The van der Waals surface area contributed by atoms with Crippen LogP contribution in [0.15, 0.2) is 0 Å². The van der Waals surface area contributed by atoms with Gasteiger partial charge in [0.2, 0.25) is 0 Å². The maximum atomic E-state index is 7.57. The van der Waals surface area contributed by atoms with Crippen molar-refractivity contribution in [2.24, 2.45) is 0 Å². The van der Waals surface area contributed by atoms with E-state index in [1.165, 1.54) is 0 Å². The monoisotopic (exact) mass is 106 g/mol. The van der Waals surface area contributed by atoms with Gasteiger partial charge >= 0.3 is 0 Å². The van der Waals surface area contributed by atoms with E-state index >= 15 is 0 Å². The number of rotatable bonds is 0. The summed E-state index contributed by atoms with van der Waals surface area (Å²) in [6.45, 7) is 3.49. The van der Waals surface area contributed by atoms with Gasteiger partial charge in [0.15, 0.2) is 0 Å². The SMILES string of the molecule is C1COO1.CCO. The molecule has 3 heteroatoms. The molecule has 1 fully saturated rings. The zero-order valence-electron chi connectivity index (χ0n) is 4.39. The molecule has 0 aromatic rings. The van der Waals surface area contributed by atoms with Crippen molar-refractivity contribution in [2.45, 2.75) is 6.92 Å². The smallest absolute Gasteiger partial charge is 0.109 e. The predicted molar refractivity (Wildman–Crippen MR) is 24.7 cm³/mol. The van der Waals surface area contributed by atoms with E-state index in [2.05, 4.69) is 9.78 Å². The van der Waals surface area contributed by atoms with Gasteiger partial charge in [0.05, 0.1) is 0 Å². The molecule has 0 saturated carbocycles. The first-order valence-electron chi connectivity index (χ1n) is 2.27. The van der Waals surface area contributed by atoms with Crippen LogP contribution in [0.5, 0.6) is 0 Å². The summed E-state index contributed by atoms with van der Waals surface area (Å²) in [4.78, 5) is 8.44. The lowest BCUT2D eigenvalue weighted by Crippen LogP contribution is -2.14. The fourth-order valence-electron chi connectivity index (χ4n) is 0.0833. The first-order chi connectivity index (χ1) is 3.41. The predicted octanol–water partition coefficient (Wildman–Crippen LogP) is -0.0532. The van der Waals surface area contributed by atoms with Gasteiger partial charge in [-0.25, -0.2) is 9.78 Å². The minimum Gasteiger partial charge on any atom is -0.397 e. The molecule has 1 rings (SSSR count). The van der Waals surface area contributed by atoms with Crippen molar-refractivity contribution in [3.8, 4) is 0 Å². The zero-order valence-corrected chi connectivity index (χ0v) is 4.39. The highest BCUT2D eigenvalue weighted by Gasteiger charge is 1.95. The molecule has 0 atom stereocenters. The van der Waals surface area contributed by atoms with Crippen LogP contribution < -0.4 is 0 Å². The van der Waals surface area contributed by atoms with Gasteiger partial charge in [-0.3, -0.25) is 0 Å². The third-order valence-electron chi connectivity index (χ3n) is 0.333. The summed E-state index contributed by atoms with van der Waals surface area (Å²) in [5.74, 6) is 0. The van der Waals surface area contributed by atoms with Gasteiger partial charge in [0.1, 0.15) is 13.2 Å². The first-order valence-corrected chi connectivity index (χ1v) is 2.27. The second-order valence-corrected chi connectivity index (χ2v) is 0.960. The minimum atomic E-state index is 0.250. The molecule has 1 heterocycles. The third kappa shape index (κ3) is 5.88. The Morgan fingerprint density at radius 2 is 1.57 bits per heavy atom. The molecule has 3 nitrogen and oxygen atoms in total. The Morgan fingerprint density at radius 3 is 1.57 bits per heavy atom. The van der Waals surface area contributed by atoms with Crippen molar-refractivity contribution in [3.63, 3.8) is 0 Å². The van der Waals surface area contributed by atoms with Gasteiger partial charge in [0, 0.05) is 6.61 Å². The summed E-state index contributed by atoms with van der Waals surface area (Å²) in [5.41, 5.74) is 0. The van der Waals surface area contributed by atoms with Gasteiger partial charge in [-0.05, 0) is 6.92 Å². The Hall–Kier alpha value is -0.120. The van der Waals surface area contributed by atoms with Crippen LogP contribution in [0.25, 0.3) is 0 Å². The number of aliphatic hydroxyl groups excluding tert-OH is 1. The number of aliphatic hydroxyl groups is 1. The molecule has 0 spiro atoms. The molecule has 0 unspecified atom stereocenters. The molecule has 1 aliphatic rings. The zero-order chi connectivity index (χ0) is 5.54. The van der Waals surface area contributed by atoms with Gasteiger partial charge < -0.3 is 5.11 Å². The van der Waals surface area contributed by atoms with Crippen molar-refractivity contribution in [1.82, 2.24) is 0 Å². The van der Waals surface area contributed by atoms with E-state index in [1.807, 2.05) is 0 Å². The normalized spacial score (nSPS) is 16.3. The maximum Gasteiger partial charge on any atom is 0.109 e. The molecule has 1 aliphatic heterocycles. The lowest BCUT2D eigenvalue weighted by Gasteiger charge is -2.08. The standard InChI is InChI=1S/C2H4O2.C2H6O/c1-2-4-3-1;1-2-3/h1-2H2;3H,2H2,1H3. The quantitative estimate of drug-likeness (QED) is 0.440. The summed E-state index contributed by atoms with van der Waals surface area (Å²) in [5, 5.41) is 7.57. The van der Waals surface area contributed by atoms with Crippen LogP contribution in [0.3, 0.4) is 0 Å². The molecule has 7 heavy (non-hydrogen) atoms. The van der Waals surface area contributed by atoms with Gasteiger partial charge in [-0.1, -0.05) is 0 Å². The Kier molecular flexibility index (Phi) is 5.78. The molecule has 0 aromatic carbocycles. The number of hydrogen-bond acceptors (Lipinski definition) is 3. The van der Waals surface area contributed by atoms with Crippen molar-refractivity contribution in [1.29, 1.82) is 0 Å². The molecule has 0 radical (unpaired) electrons. The van der Waals surface area contributed by atoms with E-state index in [4.69, 9.17) is 5.11 Å². The third-order valence-corrected chi connectivity index (χ3v) is 0.333. The average molecular weight is 106 g/mol. The minimum absolute atomic E-state index is 0.250. The van der Waals surface area contributed by atoms with E-state index in [-0.39, 0.29) is 6.61 Å². The van der Waals surface area contributed by atoms with Crippen molar-refractivity contribution in [3.05, 3.63) is 0 Å². The molecule has 0 aliphatic carbocycles. The highest BCUT2D eigenvalue weighted by atomic mass is 17.2. The Labute approximate surface area is 42.8 Å². The van der Waals surface area contributed by atoms with Crippen LogP contribution in [0.2, 0.25) is 0 Å². The maximum absolute atomic E-state index is 7.57. The molecule has 0 aromatic heterocycles. The van der Waals surface area contributed by atoms with E-state index in [0.717, 1.165) is 13.2 Å². The van der Waals surface area contributed by atoms with Crippen LogP contribution >= 0.6 is 0 Å². The van der Waals surface area contributed by atoms with E-state index in [9.17, 15) is 0 Å². The summed E-state index contributed by atoms with van der Waals surface area (Å²) < 4.78 is 0. The Bertz CT molecular complexity index is 22.1. The molecular weight excluding hydrogens is 96.0 g/mol. The average Bonchev–Trinajstić information content (AvgIpc) is 1.27. The lowest BCUT2D eigenvalue weighted by molar-refractivity contribution is -0.382. The van der Waals surface area contributed by atoms with Gasteiger partial charge in [0.25, 0.3) is 0 Å². The molecule has 1 N–H and O–H groups in total. The largest absolute Gasteiger partial charge is 0.397 e. The summed E-state index contributed by atoms with van der Waals surface area (Å²) >= 11 is 0. The van der Waals surface area contributed by atoms with Crippen molar-refractivity contribution < 1.29 is 14.9 Å². The number of hydrogen-bond donors (Lipinski definition) is 1. The van der Waals surface area contributed by atoms with Gasteiger partial charge in [-0.15, -0.1) is 0 Å². The highest BCUT2D eigenvalue weighted by molar-refractivity contribution is 4.22.